The number of thiophene rings is 1. The van der Waals surface area contributed by atoms with Gasteiger partial charge in [-0.3, -0.25) is 9.89 Å². The second-order valence-corrected chi connectivity index (χ2v) is 3.75. The standard InChI is InChI=1S/C4H5N3O.C4H4O.C4H4S/c5-4(8)3-1-6-7-2-3;2*1-2-4-5-3-1/h1-2H,(H2,5,8)(H,6,7);2*1-4H. The number of carbonyl (C=O) groups excluding carboxylic acids is 1. The Morgan fingerprint density at radius 3 is 2.11 bits per heavy atom. The summed E-state index contributed by atoms with van der Waals surface area (Å²) in [7, 11) is 0. The number of nitrogens with zero attached hydrogens (tertiary/aromatic N) is 1. The smallest absolute Gasteiger partial charge is 0.251 e. The molecule has 3 aromatic rings. The van der Waals surface area contributed by atoms with Crippen LogP contribution in [-0.2, 0) is 0 Å². The largest absolute Gasteiger partial charge is 0.473 e. The highest BCUT2D eigenvalue weighted by Gasteiger charge is 1.96. The second-order valence-electron chi connectivity index (χ2n) is 2.94. The minimum Gasteiger partial charge on any atom is -0.473 e. The van der Waals surface area contributed by atoms with Gasteiger partial charge in [0.2, 0.25) is 0 Å². The Balaban J connectivity index is 0.000000141. The van der Waals surface area contributed by atoms with Crippen LogP contribution in [0.3, 0.4) is 0 Å². The van der Waals surface area contributed by atoms with Gasteiger partial charge in [0.1, 0.15) is 0 Å². The topological polar surface area (TPSA) is 84.9 Å². The van der Waals surface area contributed by atoms with Gasteiger partial charge in [-0.1, -0.05) is 12.1 Å². The maximum atomic E-state index is 10.2. The van der Waals surface area contributed by atoms with Gasteiger partial charge in [0.15, 0.2) is 0 Å². The first kappa shape index (κ1) is 13.7. The lowest BCUT2D eigenvalue weighted by Crippen LogP contribution is -2.09. The van der Waals surface area contributed by atoms with Gasteiger partial charge in [-0.15, -0.1) is 0 Å². The van der Waals surface area contributed by atoms with Crippen LogP contribution in [0.2, 0.25) is 0 Å². The minimum absolute atomic E-state index is 0.407. The van der Waals surface area contributed by atoms with Crippen molar-refractivity contribution in [3.8, 4) is 0 Å². The molecule has 0 unspecified atom stereocenters. The van der Waals surface area contributed by atoms with Crippen molar-refractivity contribution in [1.82, 2.24) is 10.2 Å². The summed E-state index contributed by atoms with van der Waals surface area (Å²) in [6.45, 7) is 0. The van der Waals surface area contributed by atoms with Gasteiger partial charge in [-0.2, -0.15) is 16.4 Å². The number of amides is 1. The molecule has 6 heteroatoms. The lowest BCUT2D eigenvalue weighted by molar-refractivity contribution is 0.100. The van der Waals surface area contributed by atoms with Crippen molar-refractivity contribution >= 4 is 17.2 Å². The van der Waals surface area contributed by atoms with E-state index in [4.69, 9.17) is 5.73 Å². The zero-order valence-corrected chi connectivity index (χ0v) is 10.3. The van der Waals surface area contributed by atoms with Crippen LogP contribution < -0.4 is 5.73 Å². The average molecular weight is 263 g/mol. The van der Waals surface area contributed by atoms with Crippen molar-refractivity contribution in [3.05, 3.63) is 65.5 Å². The number of primary amides is 1. The number of furan rings is 1. The molecule has 0 fully saturated rings. The number of H-pyrrole nitrogens is 1. The third-order valence-electron chi connectivity index (χ3n) is 1.63. The molecule has 3 N–H and O–H groups in total. The van der Waals surface area contributed by atoms with E-state index in [9.17, 15) is 4.79 Å². The molecule has 94 valence electrons. The number of aromatic nitrogens is 2. The maximum Gasteiger partial charge on any atom is 0.251 e. The quantitative estimate of drug-likeness (QED) is 0.707. The Bertz CT molecular complexity index is 429. The summed E-state index contributed by atoms with van der Waals surface area (Å²) in [6, 6.07) is 7.70. The summed E-state index contributed by atoms with van der Waals surface area (Å²) in [5.74, 6) is -0.459. The molecule has 0 aliphatic carbocycles. The van der Waals surface area contributed by atoms with Crippen molar-refractivity contribution in [3.63, 3.8) is 0 Å². The molecular formula is C12H13N3O2S. The first-order chi connectivity index (χ1) is 8.80. The Kier molecular flexibility index (Phi) is 6.69. The summed E-state index contributed by atoms with van der Waals surface area (Å²) in [6.07, 6.45) is 6.07. The van der Waals surface area contributed by atoms with Crippen LogP contribution in [0, 0.1) is 0 Å². The monoisotopic (exact) mass is 263 g/mol. The van der Waals surface area contributed by atoms with E-state index in [-0.39, 0.29) is 0 Å². The Hall–Kier alpha value is -2.34. The fourth-order valence-corrected chi connectivity index (χ4v) is 1.29. The van der Waals surface area contributed by atoms with Crippen molar-refractivity contribution in [2.45, 2.75) is 0 Å². The summed E-state index contributed by atoms with van der Waals surface area (Å²) >= 11 is 1.71. The molecule has 0 atom stereocenters. The summed E-state index contributed by atoms with van der Waals surface area (Å²) in [5.41, 5.74) is 5.27. The molecule has 0 bridgehead atoms. The summed E-state index contributed by atoms with van der Waals surface area (Å²) < 4.78 is 4.58. The van der Waals surface area contributed by atoms with Crippen LogP contribution in [0.25, 0.3) is 0 Å². The number of hydrogen-bond acceptors (Lipinski definition) is 4. The lowest BCUT2D eigenvalue weighted by Gasteiger charge is -1.78. The highest BCUT2D eigenvalue weighted by molar-refractivity contribution is 7.07. The molecule has 18 heavy (non-hydrogen) atoms. The first-order valence-electron chi connectivity index (χ1n) is 5.03. The van der Waals surface area contributed by atoms with E-state index in [2.05, 4.69) is 14.6 Å². The zero-order chi connectivity index (χ0) is 13.1. The predicted octanol–water partition coefficient (Wildman–Crippen LogP) is 2.54. The summed E-state index contributed by atoms with van der Waals surface area (Å²) in [4.78, 5) is 10.2. The molecule has 0 aliphatic heterocycles. The SMILES string of the molecule is NC(=O)c1cn[nH]c1.c1ccoc1.c1ccsc1. The van der Waals surface area contributed by atoms with E-state index in [0.717, 1.165) is 0 Å². The van der Waals surface area contributed by atoms with E-state index in [1.165, 1.54) is 12.4 Å². The number of hydrogen-bond donors (Lipinski definition) is 2. The van der Waals surface area contributed by atoms with E-state index in [1.807, 2.05) is 35.0 Å². The van der Waals surface area contributed by atoms with Crippen molar-refractivity contribution in [2.24, 2.45) is 5.73 Å². The second kappa shape index (κ2) is 8.77. The third-order valence-corrected chi connectivity index (χ3v) is 2.26. The molecule has 3 aromatic heterocycles. The highest BCUT2D eigenvalue weighted by atomic mass is 32.1. The van der Waals surface area contributed by atoms with Crippen LogP contribution in [0.1, 0.15) is 10.4 Å². The predicted molar refractivity (Wildman–Crippen MR) is 70.1 cm³/mol. The zero-order valence-electron chi connectivity index (χ0n) is 9.52. The molecule has 0 saturated carbocycles. The van der Waals surface area contributed by atoms with Crippen LogP contribution in [0.4, 0.5) is 0 Å². The molecule has 0 spiro atoms. The van der Waals surface area contributed by atoms with Gasteiger partial charge < -0.3 is 10.2 Å². The highest BCUT2D eigenvalue weighted by Crippen LogP contribution is 1.91. The van der Waals surface area contributed by atoms with Crippen molar-refractivity contribution in [1.29, 1.82) is 0 Å². The normalized spacial score (nSPS) is 8.44. The number of rotatable bonds is 1. The fraction of sp³-hybridized carbons (Fsp3) is 0. The van der Waals surface area contributed by atoms with Crippen LogP contribution in [0.5, 0.6) is 0 Å². The molecule has 0 saturated heterocycles. The Morgan fingerprint density at radius 1 is 1.22 bits per heavy atom. The Morgan fingerprint density at radius 2 is 1.89 bits per heavy atom. The van der Waals surface area contributed by atoms with E-state index >= 15 is 0 Å². The van der Waals surface area contributed by atoms with Gasteiger partial charge in [-0.05, 0) is 22.9 Å². The van der Waals surface area contributed by atoms with Gasteiger partial charge in [0.25, 0.3) is 5.91 Å². The molecule has 3 heterocycles. The van der Waals surface area contributed by atoms with Crippen molar-refractivity contribution in [2.75, 3.05) is 0 Å². The van der Waals surface area contributed by atoms with Gasteiger partial charge in [0.05, 0.1) is 24.3 Å². The molecule has 0 aromatic carbocycles. The van der Waals surface area contributed by atoms with Crippen molar-refractivity contribution < 1.29 is 9.21 Å². The summed E-state index contributed by atoms with van der Waals surface area (Å²) in [5, 5.41) is 10.1. The van der Waals surface area contributed by atoms with Crippen LogP contribution in [0.15, 0.2) is 64.4 Å². The maximum absolute atomic E-state index is 10.2. The minimum atomic E-state index is -0.459. The van der Waals surface area contributed by atoms with E-state index in [1.54, 1.807) is 23.9 Å². The number of nitrogens with two attached hydrogens (primary N) is 1. The van der Waals surface area contributed by atoms with Crippen LogP contribution in [-0.4, -0.2) is 16.1 Å². The third kappa shape index (κ3) is 6.29. The average Bonchev–Trinajstić information content (AvgIpc) is 3.16. The lowest BCUT2D eigenvalue weighted by atomic mass is 10.4. The first-order valence-corrected chi connectivity index (χ1v) is 5.98. The molecular weight excluding hydrogens is 250 g/mol. The fourth-order valence-electron chi connectivity index (χ4n) is 0.839. The molecule has 0 aliphatic rings. The molecule has 1 amide bonds. The van der Waals surface area contributed by atoms with Gasteiger partial charge >= 0.3 is 0 Å². The Labute approximate surface area is 108 Å². The number of nitrogens with one attached hydrogen (secondary N) is 1. The molecule has 0 radical (unpaired) electrons. The van der Waals surface area contributed by atoms with E-state index < -0.39 is 5.91 Å². The molecule has 5 nitrogen and oxygen atoms in total. The van der Waals surface area contributed by atoms with Gasteiger partial charge in [-0.25, -0.2) is 0 Å². The number of carbonyl (C=O) groups is 1. The van der Waals surface area contributed by atoms with E-state index in [0.29, 0.717) is 5.56 Å². The van der Waals surface area contributed by atoms with Gasteiger partial charge in [0, 0.05) is 6.20 Å². The van der Waals surface area contributed by atoms with Crippen LogP contribution >= 0.6 is 11.3 Å². The molecule has 3 rings (SSSR count). The number of aromatic amines is 1.